The first-order valence-corrected chi connectivity index (χ1v) is 8.04. The van der Waals surface area contributed by atoms with Gasteiger partial charge in [0.25, 0.3) is 11.5 Å². The van der Waals surface area contributed by atoms with Crippen LogP contribution in [0.25, 0.3) is 0 Å². The topological polar surface area (TPSA) is 72.7 Å². The summed E-state index contributed by atoms with van der Waals surface area (Å²) < 4.78 is 8.19. The molecule has 0 aliphatic carbocycles. The molecular formula is C15H13Br2N3O3. The predicted octanol–water partition coefficient (Wildman–Crippen LogP) is 2.68. The summed E-state index contributed by atoms with van der Waals surface area (Å²) in [6.45, 7) is 0. The van der Waals surface area contributed by atoms with E-state index in [4.69, 9.17) is 4.74 Å². The molecule has 0 fully saturated rings. The van der Waals surface area contributed by atoms with Gasteiger partial charge in [-0.25, -0.2) is 5.43 Å². The van der Waals surface area contributed by atoms with Crippen molar-refractivity contribution in [2.24, 2.45) is 12.1 Å². The summed E-state index contributed by atoms with van der Waals surface area (Å²) in [7, 11) is 3.11. The van der Waals surface area contributed by atoms with Gasteiger partial charge in [-0.3, -0.25) is 9.59 Å². The van der Waals surface area contributed by atoms with Gasteiger partial charge in [-0.2, -0.15) is 5.10 Å². The van der Waals surface area contributed by atoms with Crippen LogP contribution < -0.4 is 15.7 Å². The fourth-order valence-electron chi connectivity index (χ4n) is 1.88. The largest absolute Gasteiger partial charge is 0.495 e. The molecule has 0 bridgehead atoms. The third-order valence-electron chi connectivity index (χ3n) is 2.98. The van der Waals surface area contributed by atoms with Gasteiger partial charge in [0, 0.05) is 23.3 Å². The third kappa shape index (κ3) is 4.08. The molecule has 0 saturated carbocycles. The number of halogens is 2. The lowest BCUT2D eigenvalue weighted by atomic mass is 10.2. The van der Waals surface area contributed by atoms with Gasteiger partial charge < -0.3 is 9.30 Å². The Hall–Kier alpha value is -1.93. The molecule has 1 aromatic heterocycles. The van der Waals surface area contributed by atoms with E-state index in [1.165, 1.54) is 24.0 Å². The van der Waals surface area contributed by atoms with Gasteiger partial charge in [0.05, 0.1) is 17.8 Å². The Labute approximate surface area is 149 Å². The molecule has 0 radical (unpaired) electrons. The zero-order valence-electron chi connectivity index (χ0n) is 12.3. The molecule has 120 valence electrons. The molecule has 0 spiro atoms. The lowest BCUT2D eigenvalue weighted by Gasteiger charge is -2.07. The minimum atomic E-state index is -0.574. The number of carbonyl (C=O) groups excluding carboxylic acids is 1. The van der Waals surface area contributed by atoms with Crippen LogP contribution in [0.2, 0.25) is 0 Å². The number of methoxy groups -OCH3 is 1. The van der Waals surface area contributed by atoms with E-state index in [1.54, 1.807) is 25.4 Å². The number of aromatic nitrogens is 1. The second kappa shape index (κ2) is 7.56. The summed E-state index contributed by atoms with van der Waals surface area (Å²) in [5, 5.41) is 3.89. The number of benzene rings is 1. The molecule has 1 N–H and O–H groups in total. The van der Waals surface area contributed by atoms with Gasteiger partial charge >= 0.3 is 0 Å². The minimum absolute atomic E-state index is 0.0227. The predicted molar refractivity (Wildman–Crippen MR) is 95.1 cm³/mol. The van der Waals surface area contributed by atoms with Crippen LogP contribution in [0.5, 0.6) is 5.75 Å². The number of amides is 1. The number of aryl methyl sites for hydroxylation is 1. The highest BCUT2D eigenvalue weighted by Crippen LogP contribution is 2.31. The van der Waals surface area contributed by atoms with E-state index < -0.39 is 5.91 Å². The average Bonchev–Trinajstić information content (AvgIpc) is 2.49. The molecule has 1 amide bonds. The van der Waals surface area contributed by atoms with E-state index in [2.05, 4.69) is 42.4 Å². The summed E-state index contributed by atoms with van der Waals surface area (Å²) in [5.41, 5.74) is 2.64. The van der Waals surface area contributed by atoms with Gasteiger partial charge in [0.15, 0.2) is 0 Å². The highest BCUT2D eigenvalue weighted by Gasteiger charge is 2.11. The fourth-order valence-corrected chi connectivity index (χ4v) is 3.30. The Balaban J connectivity index is 2.21. The van der Waals surface area contributed by atoms with E-state index >= 15 is 0 Å². The second-order valence-corrected chi connectivity index (χ2v) is 6.32. The van der Waals surface area contributed by atoms with Crippen molar-refractivity contribution in [3.05, 3.63) is 60.9 Å². The number of rotatable bonds is 4. The smallest absolute Gasteiger partial charge is 0.276 e. The Morgan fingerprint density at radius 2 is 2.13 bits per heavy atom. The molecule has 1 aromatic carbocycles. The highest BCUT2D eigenvalue weighted by atomic mass is 79.9. The Kier molecular flexibility index (Phi) is 5.73. The Morgan fingerprint density at radius 3 is 2.83 bits per heavy atom. The molecule has 6 nitrogen and oxygen atoms in total. The number of hydrogen-bond acceptors (Lipinski definition) is 4. The highest BCUT2D eigenvalue weighted by molar-refractivity contribution is 9.11. The van der Waals surface area contributed by atoms with Crippen molar-refractivity contribution in [3.8, 4) is 5.75 Å². The number of pyridine rings is 1. The molecule has 0 aliphatic rings. The number of ether oxygens (including phenoxy) is 1. The van der Waals surface area contributed by atoms with Crippen molar-refractivity contribution in [2.75, 3.05) is 7.11 Å². The number of carbonyl (C=O) groups is 1. The number of hydrogen-bond donors (Lipinski definition) is 1. The van der Waals surface area contributed by atoms with Crippen molar-refractivity contribution in [3.63, 3.8) is 0 Å². The zero-order valence-corrected chi connectivity index (χ0v) is 15.5. The quantitative estimate of drug-likeness (QED) is 0.584. The first-order chi connectivity index (χ1) is 10.9. The van der Waals surface area contributed by atoms with Crippen LogP contribution in [0, 0.1) is 0 Å². The standard InChI is InChI=1S/C15H13Br2N3O3/c1-20-5-3-4-11(15(20)22)14(21)19-18-8-9-6-10(16)7-12(17)13(9)23-2/h3-8H,1-2H3,(H,19,21)/b18-8-. The molecule has 8 heteroatoms. The Morgan fingerprint density at radius 1 is 1.39 bits per heavy atom. The molecule has 0 saturated heterocycles. The second-order valence-electron chi connectivity index (χ2n) is 4.55. The van der Waals surface area contributed by atoms with Crippen molar-refractivity contribution < 1.29 is 9.53 Å². The molecule has 2 aromatic rings. The van der Waals surface area contributed by atoms with Gasteiger partial charge in [-0.1, -0.05) is 15.9 Å². The zero-order chi connectivity index (χ0) is 17.0. The Bertz CT molecular complexity index is 831. The van der Waals surface area contributed by atoms with Crippen molar-refractivity contribution in [2.45, 2.75) is 0 Å². The monoisotopic (exact) mass is 441 g/mol. The van der Waals surface area contributed by atoms with Crippen LogP contribution in [-0.4, -0.2) is 23.8 Å². The summed E-state index contributed by atoms with van der Waals surface area (Å²) in [6, 6.07) is 6.70. The van der Waals surface area contributed by atoms with Crippen molar-refractivity contribution in [1.82, 2.24) is 9.99 Å². The van der Waals surface area contributed by atoms with E-state index in [0.717, 1.165) is 8.95 Å². The number of nitrogens with zero attached hydrogens (tertiary/aromatic N) is 2. The van der Waals surface area contributed by atoms with Crippen LogP contribution in [0.4, 0.5) is 0 Å². The van der Waals surface area contributed by atoms with Crippen LogP contribution in [-0.2, 0) is 7.05 Å². The van der Waals surface area contributed by atoms with Crippen LogP contribution in [0.3, 0.4) is 0 Å². The van der Waals surface area contributed by atoms with E-state index in [1.807, 2.05) is 6.07 Å². The van der Waals surface area contributed by atoms with Gasteiger partial charge in [0.1, 0.15) is 11.3 Å². The normalized spacial score (nSPS) is 10.8. The fraction of sp³-hybridized carbons (Fsp3) is 0.133. The van der Waals surface area contributed by atoms with Crippen LogP contribution >= 0.6 is 31.9 Å². The maximum Gasteiger partial charge on any atom is 0.276 e. The maximum atomic E-state index is 12.0. The maximum absolute atomic E-state index is 12.0. The lowest BCUT2D eigenvalue weighted by Crippen LogP contribution is -2.29. The SMILES string of the molecule is COc1c(Br)cc(Br)cc1/C=N\NC(=O)c1cccn(C)c1=O. The van der Waals surface area contributed by atoms with Gasteiger partial charge in [-0.15, -0.1) is 0 Å². The summed E-state index contributed by atoms with van der Waals surface area (Å²) in [4.78, 5) is 23.9. The van der Waals surface area contributed by atoms with Crippen LogP contribution in [0.1, 0.15) is 15.9 Å². The molecular weight excluding hydrogens is 430 g/mol. The van der Waals surface area contributed by atoms with E-state index in [-0.39, 0.29) is 11.1 Å². The molecule has 0 aliphatic heterocycles. The molecule has 2 rings (SSSR count). The number of hydrazone groups is 1. The summed E-state index contributed by atoms with van der Waals surface area (Å²) in [6.07, 6.45) is 3.02. The number of nitrogens with one attached hydrogen (secondary N) is 1. The van der Waals surface area contributed by atoms with Gasteiger partial charge in [0.2, 0.25) is 0 Å². The van der Waals surface area contributed by atoms with Gasteiger partial charge in [-0.05, 0) is 40.2 Å². The first kappa shape index (κ1) is 17.4. The average molecular weight is 443 g/mol. The molecule has 0 atom stereocenters. The molecule has 1 heterocycles. The van der Waals surface area contributed by atoms with Crippen LogP contribution in [0.15, 0.2) is 49.3 Å². The summed E-state index contributed by atoms with van der Waals surface area (Å²) in [5.74, 6) is 0.0114. The van der Waals surface area contributed by atoms with E-state index in [9.17, 15) is 9.59 Å². The summed E-state index contributed by atoms with van der Waals surface area (Å²) >= 11 is 6.76. The molecule has 0 unspecified atom stereocenters. The lowest BCUT2D eigenvalue weighted by molar-refractivity contribution is 0.0953. The minimum Gasteiger partial charge on any atom is -0.495 e. The van der Waals surface area contributed by atoms with Crippen molar-refractivity contribution in [1.29, 1.82) is 0 Å². The first-order valence-electron chi connectivity index (χ1n) is 6.46. The van der Waals surface area contributed by atoms with E-state index in [0.29, 0.717) is 11.3 Å². The van der Waals surface area contributed by atoms with Crippen molar-refractivity contribution >= 4 is 44.0 Å². The third-order valence-corrected chi connectivity index (χ3v) is 4.03. The molecule has 23 heavy (non-hydrogen) atoms.